The summed E-state index contributed by atoms with van der Waals surface area (Å²) in [6.45, 7) is 3.88. The molecule has 1 atom stereocenters. The maximum absolute atomic E-state index is 13.9. The highest BCUT2D eigenvalue weighted by molar-refractivity contribution is 5.98. The molecule has 5 heteroatoms. The van der Waals surface area contributed by atoms with Crippen molar-refractivity contribution >= 4 is 11.4 Å². The minimum Gasteiger partial charge on any atom is -0.362 e. The molecule has 2 aliphatic carbocycles. The van der Waals surface area contributed by atoms with Gasteiger partial charge in [0, 0.05) is 24.2 Å². The minimum absolute atomic E-state index is 0.0263. The zero-order chi connectivity index (χ0) is 19.0. The Morgan fingerprint density at radius 1 is 1.41 bits per heavy atom. The number of carbonyl (C=O) groups excluding carboxylic acids is 1. The highest BCUT2D eigenvalue weighted by Gasteiger charge is 2.38. The number of rotatable bonds is 5. The van der Waals surface area contributed by atoms with E-state index in [2.05, 4.69) is 12.6 Å². The summed E-state index contributed by atoms with van der Waals surface area (Å²) < 4.78 is 19.5. The van der Waals surface area contributed by atoms with E-state index in [0.29, 0.717) is 16.8 Å². The lowest BCUT2D eigenvalue weighted by Gasteiger charge is -2.33. The number of ether oxygens (including phenoxy) is 1. The summed E-state index contributed by atoms with van der Waals surface area (Å²) in [5.74, 6) is -0.389. The summed E-state index contributed by atoms with van der Waals surface area (Å²) in [4.78, 5) is 14.4. The first-order valence-corrected chi connectivity index (χ1v) is 8.99. The SMILES string of the molecule is C=CCOC1C=C2C(=CN(C3CC3)C(C#N)=C2c2cccc(F)c2)CC1=O. The van der Waals surface area contributed by atoms with Gasteiger partial charge in [-0.05, 0) is 47.8 Å². The number of Topliss-reactive ketones (excluding diaryl/α,β-unsaturated/α-hetero) is 1. The number of nitriles is 1. The first-order valence-electron chi connectivity index (χ1n) is 8.99. The topological polar surface area (TPSA) is 53.3 Å². The van der Waals surface area contributed by atoms with E-state index in [9.17, 15) is 14.4 Å². The normalized spacial score (nSPS) is 22.0. The number of fused-ring (bicyclic) bond motifs is 1. The van der Waals surface area contributed by atoms with Crippen molar-refractivity contribution in [1.29, 1.82) is 5.26 Å². The molecule has 1 fully saturated rings. The largest absolute Gasteiger partial charge is 0.362 e. The number of allylic oxidation sites excluding steroid dienone is 4. The Bertz CT molecular complexity index is 947. The van der Waals surface area contributed by atoms with Crippen LogP contribution < -0.4 is 0 Å². The van der Waals surface area contributed by atoms with Crippen LogP contribution in [0.4, 0.5) is 4.39 Å². The van der Waals surface area contributed by atoms with E-state index in [1.54, 1.807) is 24.3 Å². The lowest BCUT2D eigenvalue weighted by Crippen LogP contribution is -2.32. The maximum atomic E-state index is 13.9. The van der Waals surface area contributed by atoms with Crippen LogP contribution in [0, 0.1) is 17.1 Å². The van der Waals surface area contributed by atoms with Gasteiger partial charge in [-0.15, -0.1) is 6.58 Å². The lowest BCUT2D eigenvalue weighted by molar-refractivity contribution is -0.126. The second-order valence-electron chi connectivity index (χ2n) is 6.90. The summed E-state index contributed by atoms with van der Waals surface area (Å²) in [6, 6.07) is 8.80. The molecule has 27 heavy (non-hydrogen) atoms. The van der Waals surface area contributed by atoms with Crippen molar-refractivity contribution in [2.75, 3.05) is 6.61 Å². The molecule has 0 aromatic heterocycles. The summed E-state index contributed by atoms with van der Waals surface area (Å²) in [7, 11) is 0. The molecule has 4 rings (SSSR count). The zero-order valence-corrected chi connectivity index (χ0v) is 14.8. The smallest absolute Gasteiger partial charge is 0.169 e. The van der Waals surface area contributed by atoms with Gasteiger partial charge in [0.25, 0.3) is 0 Å². The first kappa shape index (κ1) is 17.4. The molecule has 1 aliphatic heterocycles. The summed E-state index contributed by atoms with van der Waals surface area (Å²) in [6.07, 6.45) is 6.80. The number of carbonyl (C=O) groups is 1. The number of hydrogen-bond acceptors (Lipinski definition) is 4. The van der Waals surface area contributed by atoms with Crippen LogP contribution >= 0.6 is 0 Å². The van der Waals surface area contributed by atoms with Gasteiger partial charge in [0.1, 0.15) is 23.7 Å². The summed E-state index contributed by atoms with van der Waals surface area (Å²) >= 11 is 0. The molecule has 1 aromatic rings. The van der Waals surface area contributed by atoms with Crippen molar-refractivity contribution in [2.45, 2.75) is 31.4 Å². The molecule has 0 radical (unpaired) electrons. The van der Waals surface area contributed by atoms with Crippen LogP contribution in [-0.2, 0) is 9.53 Å². The highest BCUT2D eigenvalue weighted by atomic mass is 19.1. The molecule has 136 valence electrons. The van der Waals surface area contributed by atoms with E-state index >= 15 is 0 Å². The van der Waals surface area contributed by atoms with Crippen molar-refractivity contribution in [3.8, 4) is 6.07 Å². The van der Waals surface area contributed by atoms with Gasteiger partial charge >= 0.3 is 0 Å². The van der Waals surface area contributed by atoms with Crippen LogP contribution in [0.2, 0.25) is 0 Å². The fraction of sp³-hybridized carbons (Fsp3) is 0.273. The van der Waals surface area contributed by atoms with E-state index in [1.807, 2.05) is 11.1 Å². The van der Waals surface area contributed by atoms with E-state index < -0.39 is 6.10 Å². The van der Waals surface area contributed by atoms with Crippen LogP contribution in [0.3, 0.4) is 0 Å². The number of hydrogen-bond donors (Lipinski definition) is 0. The average molecular weight is 362 g/mol. The third-order valence-corrected chi connectivity index (χ3v) is 4.96. The van der Waals surface area contributed by atoms with Crippen molar-refractivity contribution in [1.82, 2.24) is 4.90 Å². The molecule has 1 unspecified atom stereocenters. The van der Waals surface area contributed by atoms with Crippen LogP contribution in [-0.4, -0.2) is 29.4 Å². The minimum atomic E-state index is -0.689. The average Bonchev–Trinajstić information content (AvgIpc) is 3.50. The van der Waals surface area contributed by atoms with Gasteiger partial charge in [0.2, 0.25) is 0 Å². The molecular weight excluding hydrogens is 343 g/mol. The van der Waals surface area contributed by atoms with Crippen LogP contribution in [0.25, 0.3) is 5.57 Å². The molecule has 4 nitrogen and oxygen atoms in total. The highest BCUT2D eigenvalue weighted by Crippen LogP contribution is 2.44. The molecule has 3 aliphatic rings. The van der Waals surface area contributed by atoms with Crippen molar-refractivity contribution in [3.63, 3.8) is 0 Å². The summed E-state index contributed by atoms with van der Waals surface area (Å²) in [5.41, 5.74) is 3.42. The van der Waals surface area contributed by atoms with E-state index in [1.165, 1.54) is 12.1 Å². The van der Waals surface area contributed by atoms with Gasteiger partial charge in [-0.1, -0.05) is 18.2 Å². The van der Waals surface area contributed by atoms with Gasteiger partial charge in [-0.2, -0.15) is 5.26 Å². The fourth-order valence-corrected chi connectivity index (χ4v) is 3.59. The van der Waals surface area contributed by atoms with Gasteiger partial charge in [0.05, 0.1) is 6.61 Å². The number of benzene rings is 1. The molecule has 0 N–H and O–H groups in total. The third kappa shape index (κ3) is 3.24. The Morgan fingerprint density at radius 3 is 2.89 bits per heavy atom. The van der Waals surface area contributed by atoms with Crippen LogP contribution in [0.15, 0.2) is 66.0 Å². The first-order chi connectivity index (χ1) is 13.1. The van der Waals surface area contributed by atoms with Gasteiger partial charge in [0.15, 0.2) is 5.78 Å². The second-order valence-corrected chi connectivity index (χ2v) is 6.90. The Labute approximate surface area is 157 Å². The Balaban J connectivity index is 1.87. The number of ketones is 1. The van der Waals surface area contributed by atoms with Gasteiger partial charge < -0.3 is 9.64 Å². The third-order valence-electron chi connectivity index (χ3n) is 4.96. The van der Waals surface area contributed by atoms with Crippen LogP contribution in [0.1, 0.15) is 24.8 Å². The Kier molecular flexibility index (Phi) is 4.51. The molecule has 1 heterocycles. The summed E-state index contributed by atoms with van der Waals surface area (Å²) in [5, 5.41) is 9.88. The standard InChI is InChI=1S/C22H19FN2O2/c1-2-8-27-21-11-18-15(10-20(21)26)13-25(17-6-7-17)19(12-24)22(18)14-4-3-5-16(23)9-14/h2-5,9,11,13,17,21H,1,6-8,10H2. The van der Waals surface area contributed by atoms with E-state index in [0.717, 1.165) is 24.0 Å². The lowest BCUT2D eigenvalue weighted by atomic mass is 9.81. The number of nitrogens with zero attached hydrogens (tertiary/aromatic N) is 2. The predicted octanol–water partition coefficient (Wildman–Crippen LogP) is 3.89. The second kappa shape index (κ2) is 6.98. The Morgan fingerprint density at radius 2 is 2.22 bits per heavy atom. The van der Waals surface area contributed by atoms with Gasteiger partial charge in [-0.3, -0.25) is 4.79 Å². The van der Waals surface area contributed by atoms with Crippen molar-refractivity contribution < 1.29 is 13.9 Å². The fourth-order valence-electron chi connectivity index (χ4n) is 3.59. The van der Waals surface area contributed by atoms with E-state index in [4.69, 9.17) is 4.74 Å². The van der Waals surface area contributed by atoms with Gasteiger partial charge in [-0.25, -0.2) is 4.39 Å². The quantitative estimate of drug-likeness (QED) is 0.746. The molecule has 0 saturated heterocycles. The van der Waals surface area contributed by atoms with E-state index in [-0.39, 0.29) is 30.7 Å². The molecule has 1 saturated carbocycles. The molecular formula is C22H19FN2O2. The monoisotopic (exact) mass is 362 g/mol. The maximum Gasteiger partial charge on any atom is 0.169 e. The molecule has 0 bridgehead atoms. The van der Waals surface area contributed by atoms with Crippen molar-refractivity contribution in [2.24, 2.45) is 0 Å². The number of halogens is 1. The zero-order valence-electron chi connectivity index (χ0n) is 14.8. The molecule has 1 aromatic carbocycles. The Hall–Kier alpha value is -2.97. The molecule has 0 amide bonds. The van der Waals surface area contributed by atoms with Crippen molar-refractivity contribution in [3.05, 3.63) is 77.4 Å². The predicted molar refractivity (Wildman–Crippen MR) is 99.5 cm³/mol. The van der Waals surface area contributed by atoms with Crippen LogP contribution in [0.5, 0.6) is 0 Å². The molecule has 0 spiro atoms.